The lowest BCUT2D eigenvalue weighted by Crippen LogP contribution is -2.35. The van der Waals surface area contributed by atoms with Crippen LogP contribution in [0, 0.1) is 0 Å². The highest BCUT2D eigenvalue weighted by Gasteiger charge is 2.15. The van der Waals surface area contributed by atoms with Crippen LogP contribution in [0.15, 0.2) is 28.9 Å². The Morgan fingerprint density at radius 3 is 3.09 bits per heavy atom. The summed E-state index contributed by atoms with van der Waals surface area (Å²) in [6, 6.07) is 5.12. The van der Waals surface area contributed by atoms with Crippen molar-refractivity contribution in [3.63, 3.8) is 0 Å². The number of amides is 1. The van der Waals surface area contributed by atoms with Crippen LogP contribution in [0.4, 0.5) is 0 Å². The minimum atomic E-state index is -0.333. The highest BCUT2D eigenvalue weighted by molar-refractivity contribution is 5.91. The molecule has 0 radical (unpaired) electrons. The van der Waals surface area contributed by atoms with Gasteiger partial charge < -0.3 is 29.7 Å². The van der Waals surface area contributed by atoms with Gasteiger partial charge >= 0.3 is 0 Å². The third kappa shape index (κ3) is 3.72. The highest BCUT2D eigenvalue weighted by atomic mass is 16.7. The number of oxazole rings is 1. The van der Waals surface area contributed by atoms with Gasteiger partial charge in [-0.1, -0.05) is 0 Å². The van der Waals surface area contributed by atoms with Crippen molar-refractivity contribution in [1.82, 2.24) is 10.3 Å². The van der Waals surface area contributed by atoms with Gasteiger partial charge in [-0.2, -0.15) is 0 Å². The number of nitrogens with two attached hydrogens (primary N) is 1. The Morgan fingerprint density at radius 1 is 1.43 bits per heavy atom. The zero-order valence-electron chi connectivity index (χ0n) is 12.6. The Hall–Kier alpha value is -2.74. The van der Waals surface area contributed by atoms with E-state index in [9.17, 15) is 4.79 Å². The zero-order valence-corrected chi connectivity index (χ0v) is 12.6. The van der Waals surface area contributed by atoms with Gasteiger partial charge in [-0.25, -0.2) is 4.98 Å². The molecule has 1 amide bonds. The van der Waals surface area contributed by atoms with Crippen molar-refractivity contribution in [2.75, 3.05) is 13.3 Å². The summed E-state index contributed by atoms with van der Waals surface area (Å²) < 4.78 is 21.3. The molecule has 0 spiro atoms. The minimum absolute atomic E-state index is 0.0974. The molecule has 1 aromatic carbocycles. The smallest absolute Gasteiger partial charge is 0.273 e. The van der Waals surface area contributed by atoms with Crippen molar-refractivity contribution in [2.24, 2.45) is 5.73 Å². The van der Waals surface area contributed by atoms with Crippen molar-refractivity contribution in [3.05, 3.63) is 36.0 Å². The second-order valence-electron chi connectivity index (χ2n) is 5.12. The molecule has 0 unspecified atom stereocenters. The fourth-order valence-electron chi connectivity index (χ4n) is 1.94. The molecule has 0 fully saturated rings. The normalized spacial score (nSPS) is 13.7. The summed E-state index contributed by atoms with van der Waals surface area (Å²) in [7, 11) is 0. The number of ether oxygens (including phenoxy) is 3. The van der Waals surface area contributed by atoms with Crippen LogP contribution in [0.3, 0.4) is 0 Å². The summed E-state index contributed by atoms with van der Waals surface area (Å²) in [6.45, 7) is 2.47. The molecule has 8 nitrogen and oxygen atoms in total. The maximum Gasteiger partial charge on any atom is 0.273 e. The molecule has 0 saturated heterocycles. The number of nitrogens with zero attached hydrogens (tertiary/aromatic N) is 1. The molecule has 122 valence electrons. The quantitative estimate of drug-likeness (QED) is 0.819. The average Bonchev–Trinajstić information content (AvgIpc) is 3.19. The molecule has 8 heteroatoms. The third-order valence-corrected chi connectivity index (χ3v) is 3.08. The fraction of sp³-hybridized carbons (Fsp3) is 0.333. The number of rotatable bonds is 6. The third-order valence-electron chi connectivity index (χ3n) is 3.08. The molecule has 1 aromatic heterocycles. The lowest BCUT2D eigenvalue weighted by molar-refractivity contribution is 0.0946. The van der Waals surface area contributed by atoms with Gasteiger partial charge in [0.15, 0.2) is 23.8 Å². The van der Waals surface area contributed by atoms with Crippen LogP contribution in [-0.2, 0) is 6.61 Å². The van der Waals surface area contributed by atoms with E-state index in [2.05, 4.69) is 10.3 Å². The predicted octanol–water partition coefficient (Wildman–Crippen LogP) is 1.06. The first-order valence-electron chi connectivity index (χ1n) is 7.12. The van der Waals surface area contributed by atoms with Gasteiger partial charge in [-0.15, -0.1) is 0 Å². The highest BCUT2D eigenvalue weighted by Crippen LogP contribution is 2.35. The molecular formula is C15H17N3O5. The van der Waals surface area contributed by atoms with Crippen molar-refractivity contribution in [3.8, 4) is 17.2 Å². The number of hydrogen-bond donors (Lipinski definition) is 2. The van der Waals surface area contributed by atoms with Crippen molar-refractivity contribution in [2.45, 2.75) is 19.6 Å². The summed E-state index contributed by atoms with van der Waals surface area (Å²) in [5.74, 6) is 1.87. The van der Waals surface area contributed by atoms with E-state index in [4.69, 9.17) is 24.4 Å². The molecule has 2 aromatic rings. The van der Waals surface area contributed by atoms with E-state index in [0.29, 0.717) is 29.7 Å². The van der Waals surface area contributed by atoms with Gasteiger partial charge in [0.05, 0.1) is 0 Å². The monoisotopic (exact) mass is 319 g/mol. The second kappa shape index (κ2) is 6.57. The maximum atomic E-state index is 11.8. The molecule has 2 heterocycles. The van der Waals surface area contributed by atoms with E-state index in [1.807, 2.05) is 0 Å². The number of aromatic nitrogens is 1. The van der Waals surface area contributed by atoms with Crippen molar-refractivity contribution < 1.29 is 23.4 Å². The number of carbonyl (C=O) groups excluding carboxylic acids is 1. The van der Waals surface area contributed by atoms with E-state index in [0.717, 1.165) is 0 Å². The predicted molar refractivity (Wildman–Crippen MR) is 79.4 cm³/mol. The van der Waals surface area contributed by atoms with Crippen LogP contribution in [0.5, 0.6) is 17.2 Å². The van der Waals surface area contributed by atoms with Crippen molar-refractivity contribution in [1.29, 1.82) is 0 Å². The molecule has 1 aliphatic rings. The fourth-order valence-corrected chi connectivity index (χ4v) is 1.94. The molecular weight excluding hydrogens is 302 g/mol. The summed E-state index contributed by atoms with van der Waals surface area (Å²) in [4.78, 5) is 15.9. The molecule has 0 aliphatic carbocycles. The number of fused-ring (bicyclic) bond motifs is 1. The Morgan fingerprint density at radius 2 is 2.26 bits per heavy atom. The Kier molecular flexibility index (Phi) is 4.33. The van der Waals surface area contributed by atoms with Crippen molar-refractivity contribution >= 4 is 5.91 Å². The Bertz CT molecular complexity index is 698. The molecule has 3 rings (SSSR count). The second-order valence-corrected chi connectivity index (χ2v) is 5.12. The van der Waals surface area contributed by atoms with Gasteiger partial charge in [0.25, 0.3) is 5.91 Å². The van der Waals surface area contributed by atoms with Crippen LogP contribution in [0.1, 0.15) is 23.3 Å². The molecule has 1 aliphatic heterocycles. The average molecular weight is 319 g/mol. The first kappa shape index (κ1) is 15.2. The molecule has 23 heavy (non-hydrogen) atoms. The van der Waals surface area contributed by atoms with Crippen LogP contribution in [-0.4, -0.2) is 30.3 Å². The van der Waals surface area contributed by atoms with E-state index in [-0.39, 0.29) is 31.0 Å². The maximum absolute atomic E-state index is 11.8. The van der Waals surface area contributed by atoms with E-state index in [1.54, 1.807) is 25.1 Å². The van der Waals surface area contributed by atoms with Crippen LogP contribution in [0.2, 0.25) is 0 Å². The van der Waals surface area contributed by atoms with Crippen LogP contribution in [0.25, 0.3) is 0 Å². The number of carbonyl (C=O) groups is 1. The van der Waals surface area contributed by atoms with Gasteiger partial charge in [0.2, 0.25) is 12.7 Å². The molecule has 0 saturated carbocycles. The SMILES string of the molecule is C[C@H](N)CNC(=O)c1coc(COc2ccc3c(c2)OCO3)n1. The number of hydrogen-bond acceptors (Lipinski definition) is 7. The number of benzene rings is 1. The lowest BCUT2D eigenvalue weighted by Gasteiger charge is -2.05. The summed E-state index contributed by atoms with van der Waals surface area (Å²) in [6.07, 6.45) is 1.29. The van der Waals surface area contributed by atoms with Crippen LogP contribution >= 0.6 is 0 Å². The summed E-state index contributed by atoms with van der Waals surface area (Å²) >= 11 is 0. The standard InChI is InChI=1S/C15H17N3O5/c1-9(16)5-17-15(19)11-6-21-14(18-11)7-20-10-2-3-12-13(4-10)23-8-22-12/h2-4,6,9H,5,7-8,16H2,1H3,(H,17,19)/t9-/m0/s1. The summed E-state index contributed by atoms with van der Waals surface area (Å²) in [5, 5.41) is 2.66. The van der Waals surface area contributed by atoms with Gasteiger partial charge in [0.1, 0.15) is 12.0 Å². The zero-order chi connectivity index (χ0) is 16.2. The van der Waals surface area contributed by atoms with E-state index in [1.165, 1.54) is 6.26 Å². The number of nitrogens with one attached hydrogen (secondary N) is 1. The van der Waals surface area contributed by atoms with Crippen LogP contribution < -0.4 is 25.3 Å². The molecule has 1 atom stereocenters. The first-order chi connectivity index (χ1) is 11.1. The Balaban J connectivity index is 1.56. The van der Waals surface area contributed by atoms with Gasteiger partial charge in [0, 0.05) is 18.7 Å². The Labute approximate surface area is 132 Å². The lowest BCUT2D eigenvalue weighted by atomic mass is 10.3. The molecule has 0 bridgehead atoms. The summed E-state index contributed by atoms with van der Waals surface area (Å²) in [5.41, 5.74) is 5.77. The van der Waals surface area contributed by atoms with Gasteiger partial charge in [-0.05, 0) is 19.1 Å². The van der Waals surface area contributed by atoms with E-state index < -0.39 is 0 Å². The first-order valence-corrected chi connectivity index (χ1v) is 7.12. The van der Waals surface area contributed by atoms with E-state index >= 15 is 0 Å². The largest absolute Gasteiger partial charge is 0.484 e. The van der Waals surface area contributed by atoms with Gasteiger partial charge in [-0.3, -0.25) is 4.79 Å². The minimum Gasteiger partial charge on any atom is -0.484 e. The molecule has 3 N–H and O–H groups in total. The topological polar surface area (TPSA) is 109 Å².